The summed E-state index contributed by atoms with van der Waals surface area (Å²) in [5, 5.41) is 0.874. The Labute approximate surface area is 154 Å². The van der Waals surface area contributed by atoms with Crippen molar-refractivity contribution in [3.63, 3.8) is 0 Å². The molecule has 1 heterocycles. The van der Waals surface area contributed by atoms with E-state index in [1.165, 1.54) is 18.2 Å². The van der Waals surface area contributed by atoms with Crippen LogP contribution < -0.4 is 14.2 Å². The number of hydrogen-bond acceptors (Lipinski definition) is 4. The van der Waals surface area contributed by atoms with Crippen molar-refractivity contribution in [2.24, 2.45) is 0 Å². The summed E-state index contributed by atoms with van der Waals surface area (Å²) in [7, 11) is -3.70. The molecule has 5 nitrogen and oxygen atoms in total. The molecule has 0 unspecified atom stereocenters. The van der Waals surface area contributed by atoms with E-state index >= 15 is 0 Å². The van der Waals surface area contributed by atoms with Crippen molar-refractivity contribution in [1.82, 2.24) is 0 Å². The molecule has 128 valence electrons. The number of nitrogens with one attached hydrogen (secondary N) is 1. The molecular weight excluding hydrogens is 397 g/mol. The van der Waals surface area contributed by atoms with Crippen LogP contribution in [0.2, 0.25) is 15.1 Å². The highest BCUT2D eigenvalue weighted by Crippen LogP contribution is 2.38. The number of ether oxygens (including phenoxy) is 2. The Morgan fingerprint density at radius 2 is 1.58 bits per heavy atom. The van der Waals surface area contributed by atoms with Gasteiger partial charge in [0.2, 0.25) is 10.0 Å². The monoisotopic (exact) mass is 407 g/mol. The first-order chi connectivity index (χ1) is 11.3. The van der Waals surface area contributed by atoms with E-state index in [1.807, 2.05) is 0 Å². The van der Waals surface area contributed by atoms with Crippen molar-refractivity contribution in [3.8, 4) is 11.5 Å². The predicted molar refractivity (Wildman–Crippen MR) is 95.2 cm³/mol. The third-order valence-corrected chi connectivity index (χ3v) is 5.53. The maximum atomic E-state index is 12.4. The average molecular weight is 409 g/mol. The summed E-state index contributed by atoms with van der Waals surface area (Å²) in [6.07, 6.45) is 0. The van der Waals surface area contributed by atoms with E-state index in [4.69, 9.17) is 44.3 Å². The van der Waals surface area contributed by atoms with Crippen molar-refractivity contribution in [3.05, 3.63) is 51.0 Å². The fourth-order valence-corrected chi connectivity index (χ4v) is 3.97. The van der Waals surface area contributed by atoms with Gasteiger partial charge in [0.1, 0.15) is 13.2 Å². The van der Waals surface area contributed by atoms with Gasteiger partial charge in [-0.3, -0.25) is 4.72 Å². The summed E-state index contributed by atoms with van der Waals surface area (Å²) < 4.78 is 38.0. The molecule has 0 bridgehead atoms. The molecule has 2 aromatic carbocycles. The lowest BCUT2D eigenvalue weighted by molar-refractivity contribution is 0.171. The van der Waals surface area contributed by atoms with E-state index in [-0.39, 0.29) is 16.5 Å². The molecule has 2 aromatic rings. The average Bonchev–Trinajstić information content (AvgIpc) is 2.51. The molecular formula is C15H12Cl3NO4S. The van der Waals surface area contributed by atoms with Gasteiger partial charge in [-0.05, 0) is 17.7 Å². The van der Waals surface area contributed by atoms with Gasteiger partial charge in [-0.15, -0.1) is 0 Å². The molecule has 3 rings (SSSR count). The van der Waals surface area contributed by atoms with Crippen LogP contribution >= 0.6 is 34.8 Å². The molecule has 1 N–H and O–H groups in total. The Kier molecular flexibility index (Phi) is 5.01. The highest BCUT2D eigenvalue weighted by Gasteiger charge is 2.19. The fraction of sp³-hybridized carbons (Fsp3) is 0.200. The Hall–Kier alpha value is -1.34. The van der Waals surface area contributed by atoms with Gasteiger partial charge in [0.15, 0.2) is 11.5 Å². The van der Waals surface area contributed by atoms with Gasteiger partial charge >= 0.3 is 0 Å². The van der Waals surface area contributed by atoms with Gasteiger partial charge in [0, 0.05) is 12.1 Å². The Balaban J connectivity index is 1.82. The summed E-state index contributed by atoms with van der Waals surface area (Å²) in [5.41, 5.74) is 0.728. The molecule has 1 aliphatic heterocycles. The molecule has 0 fully saturated rings. The van der Waals surface area contributed by atoms with Gasteiger partial charge in [-0.1, -0.05) is 40.9 Å². The molecule has 0 amide bonds. The van der Waals surface area contributed by atoms with E-state index in [0.29, 0.717) is 40.3 Å². The van der Waals surface area contributed by atoms with Gasteiger partial charge in [0.05, 0.1) is 26.5 Å². The van der Waals surface area contributed by atoms with Crippen LogP contribution in [0.25, 0.3) is 0 Å². The fourth-order valence-electron chi connectivity index (χ4n) is 2.19. The van der Waals surface area contributed by atoms with Crippen LogP contribution in [0.5, 0.6) is 11.5 Å². The van der Waals surface area contributed by atoms with Gasteiger partial charge in [-0.25, -0.2) is 8.42 Å². The van der Waals surface area contributed by atoms with Crippen molar-refractivity contribution in [2.45, 2.75) is 5.75 Å². The quantitative estimate of drug-likeness (QED) is 0.816. The molecule has 0 saturated carbocycles. The lowest BCUT2D eigenvalue weighted by atomic mass is 10.2. The Morgan fingerprint density at radius 1 is 0.917 bits per heavy atom. The van der Waals surface area contributed by atoms with Crippen molar-refractivity contribution in [2.75, 3.05) is 17.9 Å². The summed E-state index contributed by atoms with van der Waals surface area (Å²) >= 11 is 17.9. The van der Waals surface area contributed by atoms with E-state index in [9.17, 15) is 8.42 Å². The lowest BCUT2D eigenvalue weighted by Crippen LogP contribution is -2.18. The topological polar surface area (TPSA) is 64.6 Å². The van der Waals surface area contributed by atoms with Crippen LogP contribution in [0.1, 0.15) is 5.56 Å². The summed E-state index contributed by atoms with van der Waals surface area (Å²) in [6, 6.07) is 7.68. The lowest BCUT2D eigenvalue weighted by Gasteiger charge is -2.20. The third-order valence-electron chi connectivity index (χ3n) is 3.24. The molecule has 0 atom stereocenters. The van der Waals surface area contributed by atoms with Crippen LogP contribution in [-0.4, -0.2) is 21.6 Å². The molecule has 0 aliphatic carbocycles. The van der Waals surface area contributed by atoms with Crippen LogP contribution in [0, 0.1) is 0 Å². The number of rotatable bonds is 4. The van der Waals surface area contributed by atoms with Gasteiger partial charge in [0.25, 0.3) is 0 Å². The minimum absolute atomic E-state index is 0.219. The van der Waals surface area contributed by atoms with Crippen LogP contribution in [-0.2, 0) is 15.8 Å². The summed E-state index contributed by atoms with van der Waals surface area (Å²) in [6.45, 7) is 0.815. The minimum Gasteiger partial charge on any atom is -0.486 e. The number of sulfonamides is 1. The summed E-state index contributed by atoms with van der Waals surface area (Å²) in [4.78, 5) is 0. The molecule has 0 saturated heterocycles. The van der Waals surface area contributed by atoms with Crippen molar-refractivity contribution >= 4 is 50.5 Å². The summed E-state index contributed by atoms with van der Waals surface area (Å²) in [5.74, 6) is 0.658. The second-order valence-corrected chi connectivity index (χ2v) is 8.03. The zero-order valence-electron chi connectivity index (χ0n) is 12.2. The highest BCUT2D eigenvalue weighted by atomic mass is 35.5. The molecule has 0 radical (unpaired) electrons. The van der Waals surface area contributed by atoms with E-state index in [2.05, 4.69) is 4.72 Å². The molecule has 0 spiro atoms. The van der Waals surface area contributed by atoms with Gasteiger partial charge < -0.3 is 9.47 Å². The normalized spacial score (nSPS) is 13.6. The smallest absolute Gasteiger partial charge is 0.236 e. The van der Waals surface area contributed by atoms with E-state index < -0.39 is 10.0 Å². The molecule has 24 heavy (non-hydrogen) atoms. The standard InChI is InChI=1S/C15H12Cl3NO4S/c16-10-2-1-9(5-11(10)17)8-24(20,21)19-13-7-15-14(6-12(13)18)22-3-4-23-15/h1-2,5-7,19H,3-4,8H2. The maximum Gasteiger partial charge on any atom is 0.236 e. The first-order valence-corrected chi connectivity index (χ1v) is 9.66. The zero-order valence-corrected chi connectivity index (χ0v) is 15.3. The second kappa shape index (κ2) is 6.88. The second-order valence-electron chi connectivity index (χ2n) is 5.09. The first-order valence-electron chi connectivity index (χ1n) is 6.87. The number of hydrogen-bond donors (Lipinski definition) is 1. The molecule has 9 heteroatoms. The molecule has 0 aromatic heterocycles. The Morgan fingerprint density at radius 3 is 2.25 bits per heavy atom. The largest absolute Gasteiger partial charge is 0.486 e. The van der Waals surface area contributed by atoms with E-state index in [0.717, 1.165) is 0 Å². The first kappa shape index (κ1) is 17.5. The number of fused-ring (bicyclic) bond motifs is 1. The number of anilines is 1. The van der Waals surface area contributed by atoms with Crippen LogP contribution in [0.15, 0.2) is 30.3 Å². The minimum atomic E-state index is -3.70. The van der Waals surface area contributed by atoms with Gasteiger partial charge in [-0.2, -0.15) is 0 Å². The highest BCUT2D eigenvalue weighted by molar-refractivity contribution is 7.91. The SMILES string of the molecule is O=S(=O)(Cc1ccc(Cl)c(Cl)c1)Nc1cc2c(cc1Cl)OCCO2. The van der Waals surface area contributed by atoms with E-state index in [1.54, 1.807) is 12.1 Å². The molecule has 1 aliphatic rings. The maximum absolute atomic E-state index is 12.4. The number of benzene rings is 2. The van der Waals surface area contributed by atoms with Crippen LogP contribution in [0.3, 0.4) is 0 Å². The Bertz CT molecular complexity index is 887. The number of halogens is 3. The third kappa shape index (κ3) is 4.00. The zero-order chi connectivity index (χ0) is 17.3. The van der Waals surface area contributed by atoms with Crippen LogP contribution in [0.4, 0.5) is 5.69 Å². The van der Waals surface area contributed by atoms with Crippen molar-refractivity contribution < 1.29 is 17.9 Å². The predicted octanol–water partition coefficient (Wildman–Crippen LogP) is 4.36. The van der Waals surface area contributed by atoms with Crippen molar-refractivity contribution in [1.29, 1.82) is 0 Å².